The average molecular weight is 826 g/mol. The lowest BCUT2D eigenvalue weighted by Gasteiger charge is -2.40. The van der Waals surface area contributed by atoms with Gasteiger partial charge in [-0.2, -0.15) is 0 Å². The van der Waals surface area contributed by atoms with E-state index in [-0.39, 0.29) is 12.5 Å². The summed E-state index contributed by atoms with van der Waals surface area (Å²) >= 11 is 0. The third-order valence-corrected chi connectivity index (χ3v) is 12.1. The summed E-state index contributed by atoms with van der Waals surface area (Å²) in [6.07, 6.45) is 39.8. The van der Waals surface area contributed by atoms with Crippen LogP contribution in [0.2, 0.25) is 0 Å². The molecule has 344 valence electrons. The maximum atomic E-state index is 13.0. The van der Waals surface area contributed by atoms with Gasteiger partial charge in [0.2, 0.25) is 5.91 Å². The molecule has 0 aromatic heterocycles. The summed E-state index contributed by atoms with van der Waals surface area (Å²) in [5, 5.41) is 54.2. The van der Waals surface area contributed by atoms with E-state index in [1.54, 1.807) is 6.08 Å². The Balaban J connectivity index is 2.23. The normalized spacial score (nSPS) is 20.8. The SMILES string of the molecule is CCCCCCCCCCCC/C=C/[C@@H](O)[C@H](CO[C@@H]1O[C@H](CO)[C@H](O)C(O)C1O)NC(=O)CCCCCCCCCCCCCCCCCCCCCCCCC. The van der Waals surface area contributed by atoms with Gasteiger partial charge in [0.05, 0.1) is 25.4 Å². The molecular formula is C49H95NO8. The summed E-state index contributed by atoms with van der Waals surface area (Å²) in [5.41, 5.74) is 0. The van der Waals surface area contributed by atoms with Gasteiger partial charge in [0.1, 0.15) is 24.4 Å². The summed E-state index contributed by atoms with van der Waals surface area (Å²) in [6.45, 7) is 3.78. The Morgan fingerprint density at radius 3 is 1.34 bits per heavy atom. The Morgan fingerprint density at radius 1 is 0.569 bits per heavy atom. The van der Waals surface area contributed by atoms with Gasteiger partial charge in [-0.05, 0) is 19.3 Å². The lowest BCUT2D eigenvalue weighted by Crippen LogP contribution is -2.60. The zero-order chi connectivity index (χ0) is 42.3. The average Bonchev–Trinajstić information content (AvgIpc) is 3.22. The van der Waals surface area contributed by atoms with Gasteiger partial charge in [0.15, 0.2) is 6.29 Å². The van der Waals surface area contributed by atoms with Gasteiger partial charge < -0.3 is 40.3 Å². The fourth-order valence-electron chi connectivity index (χ4n) is 8.10. The summed E-state index contributed by atoms with van der Waals surface area (Å²) in [7, 11) is 0. The molecule has 0 aliphatic carbocycles. The van der Waals surface area contributed by atoms with E-state index in [1.807, 2.05) is 6.08 Å². The molecule has 9 heteroatoms. The number of hydrogen-bond acceptors (Lipinski definition) is 8. The Hall–Kier alpha value is -1.07. The van der Waals surface area contributed by atoms with E-state index in [4.69, 9.17) is 9.47 Å². The van der Waals surface area contributed by atoms with E-state index in [9.17, 15) is 30.3 Å². The number of nitrogens with one attached hydrogen (secondary N) is 1. The first-order chi connectivity index (χ1) is 28.3. The molecular weight excluding hydrogens is 731 g/mol. The van der Waals surface area contributed by atoms with Crippen LogP contribution < -0.4 is 5.32 Å². The van der Waals surface area contributed by atoms with Gasteiger partial charge in [-0.3, -0.25) is 4.79 Å². The van der Waals surface area contributed by atoms with Gasteiger partial charge in [0, 0.05) is 6.42 Å². The number of aliphatic hydroxyl groups is 5. The zero-order valence-corrected chi connectivity index (χ0v) is 37.8. The van der Waals surface area contributed by atoms with Crippen LogP contribution in [0.4, 0.5) is 0 Å². The third kappa shape index (κ3) is 30.0. The molecule has 0 aromatic carbocycles. The number of carbonyl (C=O) groups is 1. The minimum Gasteiger partial charge on any atom is -0.394 e. The van der Waals surface area contributed by atoms with Crippen LogP contribution in [0.3, 0.4) is 0 Å². The smallest absolute Gasteiger partial charge is 0.220 e. The Kier molecular flexibility index (Phi) is 37.9. The number of unbranched alkanes of at least 4 members (excludes halogenated alkanes) is 32. The lowest BCUT2D eigenvalue weighted by molar-refractivity contribution is -0.302. The molecule has 0 radical (unpaired) electrons. The van der Waals surface area contributed by atoms with Gasteiger partial charge in [-0.1, -0.05) is 225 Å². The third-order valence-electron chi connectivity index (χ3n) is 12.1. The number of allylic oxidation sites excluding steroid dienone is 1. The molecule has 1 saturated heterocycles. The molecule has 1 aliphatic rings. The van der Waals surface area contributed by atoms with Crippen molar-refractivity contribution in [1.82, 2.24) is 5.32 Å². The van der Waals surface area contributed by atoms with Crippen molar-refractivity contribution >= 4 is 5.91 Å². The first-order valence-corrected chi connectivity index (χ1v) is 24.9. The number of amides is 1. The second-order valence-corrected chi connectivity index (χ2v) is 17.6. The van der Waals surface area contributed by atoms with Crippen molar-refractivity contribution in [2.75, 3.05) is 13.2 Å². The number of hydrogen-bond donors (Lipinski definition) is 6. The van der Waals surface area contributed by atoms with Crippen LogP contribution in [0.5, 0.6) is 0 Å². The van der Waals surface area contributed by atoms with Gasteiger partial charge >= 0.3 is 0 Å². The monoisotopic (exact) mass is 826 g/mol. The molecule has 1 amide bonds. The molecule has 6 N–H and O–H groups in total. The molecule has 0 aromatic rings. The zero-order valence-electron chi connectivity index (χ0n) is 37.8. The van der Waals surface area contributed by atoms with Crippen LogP contribution in [0.25, 0.3) is 0 Å². The highest BCUT2D eigenvalue weighted by atomic mass is 16.7. The van der Waals surface area contributed by atoms with E-state index < -0.39 is 49.5 Å². The molecule has 1 aliphatic heterocycles. The number of carbonyl (C=O) groups excluding carboxylic acids is 1. The summed E-state index contributed by atoms with van der Waals surface area (Å²) in [6, 6.07) is -0.798. The van der Waals surface area contributed by atoms with Gasteiger partial charge in [-0.25, -0.2) is 0 Å². The van der Waals surface area contributed by atoms with Crippen LogP contribution >= 0.6 is 0 Å². The molecule has 1 heterocycles. The van der Waals surface area contributed by atoms with Crippen molar-refractivity contribution in [2.24, 2.45) is 0 Å². The second-order valence-electron chi connectivity index (χ2n) is 17.6. The highest BCUT2D eigenvalue weighted by molar-refractivity contribution is 5.76. The maximum absolute atomic E-state index is 13.0. The Bertz CT molecular complexity index is 919. The van der Waals surface area contributed by atoms with Crippen LogP contribution in [0.1, 0.15) is 239 Å². The number of ether oxygens (including phenoxy) is 2. The largest absolute Gasteiger partial charge is 0.394 e. The molecule has 0 bridgehead atoms. The summed E-state index contributed by atoms with van der Waals surface area (Å²) in [5.74, 6) is -0.173. The highest BCUT2D eigenvalue weighted by Gasteiger charge is 2.44. The quantitative estimate of drug-likeness (QED) is 0.0263. The molecule has 9 nitrogen and oxygen atoms in total. The standard InChI is InChI=1S/C49H95NO8/c1-3-5-7-9-11-13-15-17-18-19-20-21-22-23-24-25-26-27-29-31-33-35-37-39-45(53)50-42(41-57-49-48(56)47(55)46(54)44(40-51)58-49)43(52)38-36-34-32-30-28-16-14-12-10-8-6-4-2/h36,38,42-44,46-49,51-52,54-56H,3-35,37,39-41H2,1-2H3,(H,50,53)/b38-36+/t42-,43+,44+,46-,47?,48?,49+/m0/s1. The highest BCUT2D eigenvalue weighted by Crippen LogP contribution is 2.23. The van der Waals surface area contributed by atoms with E-state index in [0.717, 1.165) is 38.5 Å². The van der Waals surface area contributed by atoms with Crippen LogP contribution in [-0.4, -0.2) is 87.5 Å². The Morgan fingerprint density at radius 2 is 0.948 bits per heavy atom. The van der Waals surface area contributed by atoms with Gasteiger partial charge in [-0.15, -0.1) is 0 Å². The van der Waals surface area contributed by atoms with E-state index in [2.05, 4.69) is 19.2 Å². The van der Waals surface area contributed by atoms with Crippen molar-refractivity contribution < 1.29 is 39.8 Å². The molecule has 2 unspecified atom stereocenters. The van der Waals surface area contributed by atoms with Crippen LogP contribution in [-0.2, 0) is 14.3 Å². The second kappa shape index (κ2) is 40.0. The number of aliphatic hydroxyl groups excluding tert-OH is 5. The first-order valence-electron chi connectivity index (χ1n) is 24.9. The van der Waals surface area contributed by atoms with Gasteiger partial charge in [0.25, 0.3) is 0 Å². The molecule has 1 fully saturated rings. The minimum absolute atomic E-state index is 0.173. The van der Waals surface area contributed by atoms with Crippen molar-refractivity contribution in [3.05, 3.63) is 12.2 Å². The van der Waals surface area contributed by atoms with Crippen molar-refractivity contribution in [2.45, 2.75) is 281 Å². The van der Waals surface area contributed by atoms with Crippen molar-refractivity contribution in [3.8, 4) is 0 Å². The van der Waals surface area contributed by atoms with E-state index in [0.29, 0.717) is 6.42 Å². The van der Waals surface area contributed by atoms with Crippen LogP contribution in [0, 0.1) is 0 Å². The first kappa shape index (κ1) is 54.9. The lowest BCUT2D eigenvalue weighted by atomic mass is 9.99. The predicted octanol–water partition coefficient (Wildman–Crippen LogP) is 10.9. The predicted molar refractivity (Wildman–Crippen MR) is 240 cm³/mol. The molecule has 7 atom stereocenters. The van der Waals surface area contributed by atoms with Crippen molar-refractivity contribution in [3.63, 3.8) is 0 Å². The van der Waals surface area contributed by atoms with Crippen molar-refractivity contribution in [1.29, 1.82) is 0 Å². The minimum atomic E-state index is -1.56. The summed E-state index contributed by atoms with van der Waals surface area (Å²) in [4.78, 5) is 13.0. The molecule has 58 heavy (non-hydrogen) atoms. The Labute approximate surface area is 356 Å². The molecule has 0 saturated carbocycles. The maximum Gasteiger partial charge on any atom is 0.220 e. The van der Waals surface area contributed by atoms with E-state index in [1.165, 1.54) is 180 Å². The topological polar surface area (TPSA) is 149 Å². The fraction of sp³-hybridized carbons (Fsp3) is 0.939. The molecule has 0 spiro atoms. The van der Waals surface area contributed by atoms with Crippen LogP contribution in [0.15, 0.2) is 12.2 Å². The van der Waals surface area contributed by atoms with E-state index >= 15 is 0 Å². The number of rotatable bonds is 42. The fourth-order valence-corrected chi connectivity index (χ4v) is 8.10. The summed E-state index contributed by atoms with van der Waals surface area (Å²) < 4.78 is 11.2. The molecule has 1 rings (SSSR count).